The fourth-order valence-corrected chi connectivity index (χ4v) is 5.88. The van der Waals surface area contributed by atoms with Gasteiger partial charge in [0.15, 0.2) is 0 Å². The first kappa shape index (κ1) is 24.6. The number of hydrogen-bond acceptors (Lipinski definition) is 7. The maximum atomic E-state index is 12.1. The van der Waals surface area contributed by atoms with Crippen LogP contribution in [0.3, 0.4) is 0 Å². The summed E-state index contributed by atoms with van der Waals surface area (Å²) in [5, 5.41) is 35.5. The smallest absolute Gasteiger partial charge is 0.214 e. The van der Waals surface area contributed by atoms with Crippen LogP contribution in [0.4, 0.5) is 0 Å². The SMILES string of the molecule is OC(CSc1nnnn1-c1ccccc1)CN1CCC(C(O)(c2ccccc2)c2ccccc2)CC1. The van der Waals surface area contributed by atoms with Gasteiger partial charge in [-0.2, -0.15) is 4.68 Å². The third kappa shape index (κ3) is 5.37. The van der Waals surface area contributed by atoms with Gasteiger partial charge in [-0.25, -0.2) is 0 Å². The van der Waals surface area contributed by atoms with Crippen LogP contribution in [0.25, 0.3) is 5.69 Å². The summed E-state index contributed by atoms with van der Waals surface area (Å²) in [4.78, 5) is 2.29. The van der Waals surface area contributed by atoms with Gasteiger partial charge < -0.3 is 15.1 Å². The highest BCUT2D eigenvalue weighted by Crippen LogP contribution is 2.41. The number of aliphatic hydroxyl groups excluding tert-OH is 1. The van der Waals surface area contributed by atoms with Gasteiger partial charge in [-0.05, 0) is 65.5 Å². The van der Waals surface area contributed by atoms with Crippen LogP contribution in [0.1, 0.15) is 24.0 Å². The first-order chi connectivity index (χ1) is 17.6. The van der Waals surface area contributed by atoms with Crippen molar-refractivity contribution < 1.29 is 10.2 Å². The minimum Gasteiger partial charge on any atom is -0.391 e. The molecule has 2 N–H and O–H groups in total. The van der Waals surface area contributed by atoms with E-state index in [0.717, 1.165) is 42.7 Å². The molecule has 0 aliphatic carbocycles. The van der Waals surface area contributed by atoms with Crippen LogP contribution in [0.2, 0.25) is 0 Å². The molecule has 5 rings (SSSR count). The number of tetrazole rings is 1. The van der Waals surface area contributed by atoms with E-state index in [1.807, 2.05) is 91.0 Å². The monoisotopic (exact) mass is 501 g/mol. The van der Waals surface area contributed by atoms with Gasteiger partial charge in [0.25, 0.3) is 0 Å². The molecule has 1 fully saturated rings. The molecule has 8 heteroatoms. The number of hydrogen-bond donors (Lipinski definition) is 2. The van der Waals surface area contributed by atoms with Gasteiger partial charge in [-0.15, -0.1) is 5.10 Å². The van der Waals surface area contributed by atoms with Crippen LogP contribution in [0.5, 0.6) is 0 Å². The van der Waals surface area contributed by atoms with Crippen LogP contribution < -0.4 is 0 Å². The molecule has 2 heterocycles. The lowest BCUT2D eigenvalue weighted by Gasteiger charge is -2.42. The molecule has 1 aliphatic rings. The lowest BCUT2D eigenvalue weighted by Crippen LogP contribution is -2.46. The molecule has 0 bridgehead atoms. The van der Waals surface area contributed by atoms with Crippen LogP contribution in [-0.2, 0) is 5.60 Å². The van der Waals surface area contributed by atoms with Crippen molar-refractivity contribution in [3.05, 3.63) is 102 Å². The number of thioether (sulfide) groups is 1. The van der Waals surface area contributed by atoms with Gasteiger partial charge in [0.05, 0.1) is 11.8 Å². The minimum absolute atomic E-state index is 0.0977. The first-order valence-corrected chi connectivity index (χ1v) is 13.3. The first-order valence-electron chi connectivity index (χ1n) is 12.3. The Morgan fingerprint density at radius 1 is 0.861 bits per heavy atom. The predicted molar refractivity (Wildman–Crippen MR) is 141 cm³/mol. The Morgan fingerprint density at radius 3 is 2.00 bits per heavy atom. The Labute approximate surface area is 215 Å². The average Bonchev–Trinajstić information content (AvgIpc) is 3.42. The summed E-state index contributed by atoms with van der Waals surface area (Å²) >= 11 is 1.45. The van der Waals surface area contributed by atoms with Crippen LogP contribution in [0, 0.1) is 5.92 Å². The van der Waals surface area contributed by atoms with Crippen molar-refractivity contribution in [2.24, 2.45) is 5.92 Å². The second kappa shape index (κ2) is 11.3. The second-order valence-corrected chi connectivity index (χ2v) is 10.2. The molecule has 1 unspecified atom stereocenters. The number of β-amino-alcohol motifs (C(OH)–C–C–N with tert-alkyl or cyclic N) is 1. The van der Waals surface area contributed by atoms with Gasteiger partial charge in [0, 0.05) is 12.3 Å². The van der Waals surface area contributed by atoms with E-state index in [4.69, 9.17) is 0 Å². The molecule has 186 valence electrons. The van der Waals surface area contributed by atoms with E-state index in [1.54, 1.807) is 4.68 Å². The lowest BCUT2D eigenvalue weighted by molar-refractivity contribution is -0.0186. The zero-order valence-corrected chi connectivity index (χ0v) is 20.9. The summed E-state index contributed by atoms with van der Waals surface area (Å²) in [6.45, 7) is 2.24. The Morgan fingerprint density at radius 2 is 1.42 bits per heavy atom. The highest BCUT2D eigenvalue weighted by Gasteiger charge is 2.41. The largest absolute Gasteiger partial charge is 0.391 e. The molecule has 1 aromatic heterocycles. The Balaban J connectivity index is 1.19. The van der Waals surface area contributed by atoms with Gasteiger partial charge in [-0.1, -0.05) is 90.6 Å². The van der Waals surface area contributed by atoms with E-state index in [2.05, 4.69) is 20.4 Å². The number of aliphatic hydroxyl groups is 2. The lowest BCUT2D eigenvalue weighted by atomic mass is 9.72. The van der Waals surface area contributed by atoms with Gasteiger partial charge in [0.2, 0.25) is 5.16 Å². The van der Waals surface area contributed by atoms with Gasteiger partial charge >= 0.3 is 0 Å². The molecular weight excluding hydrogens is 470 g/mol. The summed E-state index contributed by atoms with van der Waals surface area (Å²) in [7, 11) is 0. The molecule has 1 saturated heterocycles. The number of rotatable bonds is 9. The Kier molecular flexibility index (Phi) is 7.77. The normalized spacial score (nSPS) is 16.2. The Bertz CT molecular complexity index is 1170. The average molecular weight is 502 g/mol. The molecule has 1 atom stereocenters. The summed E-state index contributed by atoms with van der Waals surface area (Å²) in [5.41, 5.74) is 1.73. The van der Waals surface area contributed by atoms with Crippen molar-refractivity contribution in [3.8, 4) is 5.69 Å². The Hall–Kier alpha value is -3.04. The number of benzene rings is 3. The molecule has 0 radical (unpaired) electrons. The maximum absolute atomic E-state index is 12.1. The van der Waals surface area contributed by atoms with Crippen LogP contribution in [0.15, 0.2) is 96.2 Å². The summed E-state index contributed by atoms with van der Waals surface area (Å²) < 4.78 is 1.69. The van der Waals surface area contributed by atoms with Crippen LogP contribution in [-0.4, -0.2) is 66.8 Å². The van der Waals surface area contributed by atoms with Crippen molar-refractivity contribution in [1.82, 2.24) is 25.1 Å². The van der Waals surface area contributed by atoms with E-state index in [0.29, 0.717) is 17.5 Å². The topological polar surface area (TPSA) is 87.3 Å². The molecule has 0 amide bonds. The van der Waals surface area contributed by atoms with Crippen molar-refractivity contribution in [2.45, 2.75) is 29.7 Å². The van der Waals surface area contributed by atoms with E-state index in [9.17, 15) is 10.2 Å². The summed E-state index contributed by atoms with van der Waals surface area (Å²) in [6.07, 6.45) is 1.20. The van der Waals surface area contributed by atoms with Crippen LogP contribution >= 0.6 is 11.8 Å². The van der Waals surface area contributed by atoms with E-state index >= 15 is 0 Å². The predicted octanol–water partition coefficient (Wildman–Crippen LogP) is 3.76. The number of para-hydroxylation sites is 1. The maximum Gasteiger partial charge on any atom is 0.214 e. The number of likely N-dealkylation sites (tertiary alicyclic amines) is 1. The number of aromatic nitrogens is 4. The molecule has 0 saturated carbocycles. The molecular formula is C28H31N5O2S. The minimum atomic E-state index is -1.03. The van der Waals surface area contributed by atoms with Crippen molar-refractivity contribution in [1.29, 1.82) is 0 Å². The number of nitrogens with zero attached hydrogens (tertiary/aromatic N) is 5. The van der Waals surface area contributed by atoms with Crippen molar-refractivity contribution >= 4 is 11.8 Å². The van der Waals surface area contributed by atoms with E-state index in [1.165, 1.54) is 11.8 Å². The van der Waals surface area contributed by atoms with E-state index < -0.39 is 11.7 Å². The number of piperidine rings is 1. The zero-order valence-electron chi connectivity index (χ0n) is 20.1. The highest BCUT2D eigenvalue weighted by atomic mass is 32.2. The molecule has 7 nitrogen and oxygen atoms in total. The summed E-state index contributed by atoms with van der Waals surface area (Å²) in [5.74, 6) is 0.603. The molecule has 36 heavy (non-hydrogen) atoms. The fourth-order valence-electron chi connectivity index (χ4n) is 5.08. The van der Waals surface area contributed by atoms with Gasteiger partial charge in [0.1, 0.15) is 5.60 Å². The highest BCUT2D eigenvalue weighted by molar-refractivity contribution is 7.99. The van der Waals surface area contributed by atoms with Crippen molar-refractivity contribution in [3.63, 3.8) is 0 Å². The van der Waals surface area contributed by atoms with Gasteiger partial charge in [-0.3, -0.25) is 0 Å². The quantitative estimate of drug-likeness (QED) is 0.338. The van der Waals surface area contributed by atoms with Crippen molar-refractivity contribution in [2.75, 3.05) is 25.4 Å². The third-order valence-corrected chi connectivity index (χ3v) is 7.99. The third-order valence-electron chi connectivity index (χ3n) is 6.92. The molecule has 3 aromatic carbocycles. The zero-order chi connectivity index (χ0) is 24.8. The standard InChI is InChI=1S/C28H31N5O2S/c34-26(21-36-27-29-30-31-33(27)25-14-8-3-9-15-25)20-32-18-16-24(17-19-32)28(35,22-10-4-1-5-11-22)23-12-6-2-7-13-23/h1-15,24,26,34-35H,16-21H2. The molecule has 0 spiro atoms. The summed E-state index contributed by atoms with van der Waals surface area (Å²) in [6, 6.07) is 29.7. The fraction of sp³-hybridized carbons (Fsp3) is 0.321. The molecule has 4 aromatic rings. The van der Waals surface area contributed by atoms with E-state index in [-0.39, 0.29) is 5.92 Å². The molecule has 1 aliphatic heterocycles. The second-order valence-electron chi connectivity index (χ2n) is 9.25.